The zero-order valence-electron chi connectivity index (χ0n) is 13.0. The van der Waals surface area contributed by atoms with Gasteiger partial charge in [0.1, 0.15) is 5.82 Å². The van der Waals surface area contributed by atoms with Crippen LogP contribution in [0.1, 0.15) is 27.7 Å². The summed E-state index contributed by atoms with van der Waals surface area (Å²) in [6, 6.07) is 5.98. The van der Waals surface area contributed by atoms with E-state index in [1.807, 2.05) is 20.8 Å². The van der Waals surface area contributed by atoms with Gasteiger partial charge in [0.05, 0.1) is 11.4 Å². The fourth-order valence-electron chi connectivity index (χ4n) is 1.74. The molecule has 0 saturated carbocycles. The van der Waals surface area contributed by atoms with Crippen LogP contribution in [0.25, 0.3) is 11.3 Å². The molecular weight excluding hydrogens is 303 g/mol. The molecule has 22 heavy (non-hydrogen) atoms. The molecule has 1 aromatic carbocycles. The van der Waals surface area contributed by atoms with Crippen LogP contribution in [0.5, 0.6) is 0 Å². The van der Waals surface area contributed by atoms with Crippen molar-refractivity contribution >= 4 is 17.7 Å². The van der Waals surface area contributed by atoms with Crippen molar-refractivity contribution in [2.45, 2.75) is 43.7 Å². The Morgan fingerprint density at radius 1 is 1.32 bits per heavy atom. The molecule has 0 radical (unpaired) electrons. The first-order valence-electron chi connectivity index (χ1n) is 6.95. The van der Waals surface area contributed by atoms with E-state index in [9.17, 15) is 9.18 Å². The normalized spacial score (nSPS) is 13.0. The minimum absolute atomic E-state index is 0.0703. The molecule has 2 rings (SSSR count). The van der Waals surface area contributed by atoms with Gasteiger partial charge in [-0.15, -0.1) is 0 Å². The smallest absolute Gasteiger partial charge is 0.256 e. The van der Waals surface area contributed by atoms with Gasteiger partial charge in [-0.1, -0.05) is 11.8 Å². The second-order valence-corrected chi connectivity index (χ2v) is 7.29. The molecule has 0 aliphatic carbocycles. The largest absolute Gasteiger partial charge is 0.431 e. The van der Waals surface area contributed by atoms with Crippen molar-refractivity contribution < 1.29 is 13.6 Å². The maximum absolute atomic E-state index is 12.9. The molecule has 0 fully saturated rings. The van der Waals surface area contributed by atoms with Crippen molar-refractivity contribution in [3.8, 4) is 11.3 Å². The summed E-state index contributed by atoms with van der Waals surface area (Å²) < 4.78 is 18.5. The number of thioether (sulfide) groups is 1. The molecule has 0 bridgehead atoms. The third kappa shape index (κ3) is 4.59. The first-order valence-corrected chi connectivity index (χ1v) is 7.83. The molecule has 1 N–H and O–H groups in total. The lowest BCUT2D eigenvalue weighted by Crippen LogP contribution is -2.44. The van der Waals surface area contributed by atoms with E-state index in [1.54, 1.807) is 25.3 Å². The van der Waals surface area contributed by atoms with Crippen LogP contribution in [-0.2, 0) is 4.79 Å². The predicted molar refractivity (Wildman–Crippen MR) is 85.1 cm³/mol. The number of halogens is 1. The number of hydrogen-bond donors (Lipinski definition) is 1. The summed E-state index contributed by atoms with van der Waals surface area (Å²) in [5.74, 6) is 0.176. The van der Waals surface area contributed by atoms with Crippen molar-refractivity contribution in [1.82, 2.24) is 10.3 Å². The lowest BCUT2D eigenvalue weighted by molar-refractivity contribution is -0.121. The highest BCUT2D eigenvalue weighted by molar-refractivity contribution is 8.00. The summed E-state index contributed by atoms with van der Waals surface area (Å²) in [5.41, 5.74) is 0.467. The molecule has 2 aromatic rings. The van der Waals surface area contributed by atoms with Gasteiger partial charge < -0.3 is 9.73 Å². The zero-order valence-corrected chi connectivity index (χ0v) is 13.8. The molecule has 0 unspecified atom stereocenters. The van der Waals surface area contributed by atoms with Crippen molar-refractivity contribution in [3.05, 3.63) is 36.3 Å². The average Bonchev–Trinajstić information content (AvgIpc) is 2.86. The van der Waals surface area contributed by atoms with Crippen molar-refractivity contribution in [3.63, 3.8) is 0 Å². The van der Waals surface area contributed by atoms with E-state index in [2.05, 4.69) is 10.3 Å². The molecule has 0 saturated heterocycles. The zero-order chi connectivity index (χ0) is 16.3. The summed E-state index contributed by atoms with van der Waals surface area (Å²) in [6.45, 7) is 7.59. The Balaban J connectivity index is 2.03. The van der Waals surface area contributed by atoms with Crippen LogP contribution in [0.2, 0.25) is 0 Å². The summed E-state index contributed by atoms with van der Waals surface area (Å²) >= 11 is 1.25. The maximum atomic E-state index is 12.9. The van der Waals surface area contributed by atoms with Gasteiger partial charge in [-0.05, 0) is 52.0 Å². The SMILES string of the molecule is C[C@@H](Sc1ncc(-c2ccc(F)cc2)o1)C(=O)NC(C)(C)C. The number of nitrogens with zero attached hydrogens (tertiary/aromatic N) is 1. The Morgan fingerprint density at radius 2 is 1.95 bits per heavy atom. The molecule has 0 spiro atoms. The van der Waals surface area contributed by atoms with Gasteiger partial charge in [-0.25, -0.2) is 9.37 Å². The summed E-state index contributed by atoms with van der Waals surface area (Å²) in [7, 11) is 0. The Kier molecular flexibility index (Phi) is 4.90. The third-order valence-corrected chi connectivity index (χ3v) is 3.72. The molecular formula is C16H19FN2O2S. The van der Waals surface area contributed by atoms with Crippen LogP contribution in [0.15, 0.2) is 40.1 Å². The third-order valence-electron chi connectivity index (χ3n) is 2.76. The van der Waals surface area contributed by atoms with E-state index in [4.69, 9.17) is 4.42 Å². The molecule has 118 valence electrons. The number of nitrogens with one attached hydrogen (secondary N) is 1. The molecule has 6 heteroatoms. The lowest BCUT2D eigenvalue weighted by Gasteiger charge is -2.22. The number of carbonyl (C=O) groups excluding carboxylic acids is 1. The van der Waals surface area contributed by atoms with Gasteiger partial charge in [-0.3, -0.25) is 4.79 Å². The lowest BCUT2D eigenvalue weighted by atomic mass is 10.1. The van der Waals surface area contributed by atoms with Crippen molar-refractivity contribution in [2.75, 3.05) is 0 Å². The van der Waals surface area contributed by atoms with Crippen LogP contribution in [0, 0.1) is 5.82 Å². The van der Waals surface area contributed by atoms with E-state index < -0.39 is 0 Å². The Morgan fingerprint density at radius 3 is 2.55 bits per heavy atom. The van der Waals surface area contributed by atoms with Gasteiger partial charge in [0.2, 0.25) is 5.91 Å². The van der Waals surface area contributed by atoms with E-state index >= 15 is 0 Å². The average molecular weight is 322 g/mol. The number of oxazole rings is 1. The quantitative estimate of drug-likeness (QED) is 0.868. The molecule has 1 atom stereocenters. The highest BCUT2D eigenvalue weighted by Gasteiger charge is 2.22. The van der Waals surface area contributed by atoms with E-state index in [0.717, 1.165) is 5.56 Å². The van der Waals surface area contributed by atoms with E-state index in [1.165, 1.54) is 23.9 Å². The minimum atomic E-state index is -0.320. The number of benzene rings is 1. The molecule has 0 aliphatic rings. The van der Waals surface area contributed by atoms with Gasteiger partial charge in [0.15, 0.2) is 5.76 Å². The highest BCUT2D eigenvalue weighted by Crippen LogP contribution is 2.28. The topological polar surface area (TPSA) is 55.1 Å². The second-order valence-electron chi connectivity index (χ2n) is 6.00. The first-order chi connectivity index (χ1) is 10.2. The van der Waals surface area contributed by atoms with Crippen LogP contribution >= 0.6 is 11.8 Å². The molecule has 1 aromatic heterocycles. The number of aromatic nitrogens is 1. The van der Waals surface area contributed by atoms with Crippen LogP contribution in [0.3, 0.4) is 0 Å². The molecule has 0 aliphatic heterocycles. The van der Waals surface area contributed by atoms with Crippen molar-refractivity contribution in [1.29, 1.82) is 0 Å². The van der Waals surface area contributed by atoms with Gasteiger partial charge >= 0.3 is 0 Å². The van der Waals surface area contributed by atoms with Crippen LogP contribution in [-0.4, -0.2) is 21.7 Å². The maximum Gasteiger partial charge on any atom is 0.256 e. The van der Waals surface area contributed by atoms with E-state index in [0.29, 0.717) is 11.0 Å². The molecule has 4 nitrogen and oxygen atoms in total. The second kappa shape index (κ2) is 6.52. The number of amides is 1. The van der Waals surface area contributed by atoms with Crippen LogP contribution in [0.4, 0.5) is 4.39 Å². The van der Waals surface area contributed by atoms with Gasteiger partial charge in [0, 0.05) is 11.1 Å². The Bertz CT molecular complexity index is 647. The standard InChI is InChI=1S/C16H19FN2O2S/c1-10(14(20)19-16(2,3)4)22-15-18-9-13(21-15)11-5-7-12(17)8-6-11/h5-10H,1-4H3,(H,19,20)/t10-/m1/s1. The number of carbonyl (C=O) groups is 1. The summed E-state index contributed by atoms with van der Waals surface area (Å²) in [6.07, 6.45) is 1.57. The predicted octanol–water partition coefficient (Wildman–Crippen LogP) is 3.88. The van der Waals surface area contributed by atoms with Crippen molar-refractivity contribution in [2.24, 2.45) is 0 Å². The fourth-order valence-corrected chi connectivity index (χ4v) is 2.46. The highest BCUT2D eigenvalue weighted by atomic mass is 32.2. The monoisotopic (exact) mass is 322 g/mol. The summed E-state index contributed by atoms with van der Waals surface area (Å²) in [5, 5.41) is 3.01. The minimum Gasteiger partial charge on any atom is -0.431 e. The Hall–Kier alpha value is -1.82. The van der Waals surface area contributed by atoms with Gasteiger partial charge in [0.25, 0.3) is 5.22 Å². The number of rotatable bonds is 4. The summed E-state index contributed by atoms with van der Waals surface area (Å²) in [4.78, 5) is 16.2. The van der Waals surface area contributed by atoms with Crippen LogP contribution < -0.4 is 5.32 Å². The number of hydrogen-bond acceptors (Lipinski definition) is 4. The Labute approximate surface area is 133 Å². The fraction of sp³-hybridized carbons (Fsp3) is 0.375. The molecule has 1 heterocycles. The first kappa shape index (κ1) is 16.5. The van der Waals surface area contributed by atoms with Gasteiger partial charge in [-0.2, -0.15) is 0 Å². The molecule has 1 amide bonds. The van der Waals surface area contributed by atoms with E-state index in [-0.39, 0.29) is 22.5 Å².